The van der Waals surface area contributed by atoms with Gasteiger partial charge in [-0.05, 0) is 42.9 Å². The van der Waals surface area contributed by atoms with E-state index in [0.29, 0.717) is 0 Å². The molecule has 0 atom stereocenters. The van der Waals surface area contributed by atoms with Gasteiger partial charge in [0.2, 0.25) is 0 Å². The third-order valence-corrected chi connectivity index (χ3v) is 3.51. The van der Waals surface area contributed by atoms with Gasteiger partial charge in [-0.25, -0.2) is 0 Å². The first-order valence-electron chi connectivity index (χ1n) is 5.38. The number of anilines is 1. The normalized spacial score (nSPS) is 16.2. The molecule has 0 aromatic heterocycles. The predicted octanol–water partition coefficient (Wildman–Crippen LogP) is 3.40. The zero-order valence-electron chi connectivity index (χ0n) is 8.70. The first-order valence-corrected chi connectivity index (χ1v) is 6.36. The Morgan fingerprint density at radius 3 is 2.36 bits per heavy atom. The fraction of sp³-hybridized carbons (Fsp3) is 0.500. The van der Waals surface area contributed by atoms with E-state index in [-0.39, 0.29) is 0 Å². The van der Waals surface area contributed by atoms with Crippen LogP contribution in [0, 0.1) is 0 Å². The molecule has 0 N–H and O–H groups in total. The van der Waals surface area contributed by atoms with Crippen LogP contribution in [0.1, 0.15) is 19.8 Å². The molecule has 0 amide bonds. The van der Waals surface area contributed by atoms with Crippen molar-refractivity contribution in [2.45, 2.75) is 24.7 Å². The van der Waals surface area contributed by atoms with E-state index in [1.54, 1.807) is 0 Å². The number of benzene rings is 1. The highest BCUT2D eigenvalue weighted by Gasteiger charge is 2.11. The van der Waals surface area contributed by atoms with Crippen LogP contribution in [0.25, 0.3) is 0 Å². The summed E-state index contributed by atoms with van der Waals surface area (Å²) in [6.45, 7) is 4.67. The smallest absolute Gasteiger partial charge is 0.0366 e. The van der Waals surface area contributed by atoms with Gasteiger partial charge >= 0.3 is 0 Å². The van der Waals surface area contributed by atoms with Crippen LogP contribution in [0.15, 0.2) is 29.2 Å². The van der Waals surface area contributed by atoms with Crippen LogP contribution >= 0.6 is 11.8 Å². The molecular weight excluding hydrogens is 190 g/mol. The summed E-state index contributed by atoms with van der Waals surface area (Å²) in [5.74, 6) is 1.16. The summed E-state index contributed by atoms with van der Waals surface area (Å²) < 4.78 is 0. The lowest BCUT2D eigenvalue weighted by Crippen LogP contribution is -2.17. The predicted molar refractivity (Wildman–Crippen MR) is 64.3 cm³/mol. The molecule has 1 fully saturated rings. The number of thioether (sulfide) groups is 1. The molecule has 1 aliphatic heterocycles. The zero-order valence-corrected chi connectivity index (χ0v) is 9.52. The summed E-state index contributed by atoms with van der Waals surface area (Å²) in [6.07, 6.45) is 2.71. The minimum atomic E-state index is 1.16. The molecule has 0 aliphatic carbocycles. The summed E-state index contributed by atoms with van der Waals surface area (Å²) in [7, 11) is 0. The lowest BCUT2D eigenvalue weighted by molar-refractivity contribution is 0.949. The lowest BCUT2D eigenvalue weighted by Gasteiger charge is -2.17. The second-order valence-electron chi connectivity index (χ2n) is 3.62. The SMILES string of the molecule is CCSc1ccc(N2CCCC2)cc1. The van der Waals surface area contributed by atoms with Crippen molar-refractivity contribution in [2.24, 2.45) is 0 Å². The minimum Gasteiger partial charge on any atom is -0.372 e. The lowest BCUT2D eigenvalue weighted by atomic mass is 10.3. The van der Waals surface area contributed by atoms with E-state index in [9.17, 15) is 0 Å². The third kappa shape index (κ3) is 2.24. The highest BCUT2D eigenvalue weighted by Crippen LogP contribution is 2.24. The van der Waals surface area contributed by atoms with Crippen molar-refractivity contribution in [1.82, 2.24) is 0 Å². The zero-order chi connectivity index (χ0) is 9.80. The Kier molecular flexibility index (Phi) is 3.35. The van der Waals surface area contributed by atoms with E-state index < -0.39 is 0 Å². The van der Waals surface area contributed by atoms with Crippen LogP contribution in [0.3, 0.4) is 0 Å². The summed E-state index contributed by atoms with van der Waals surface area (Å²) in [5.41, 5.74) is 1.39. The van der Waals surface area contributed by atoms with Crippen molar-refractivity contribution in [2.75, 3.05) is 23.7 Å². The van der Waals surface area contributed by atoms with Crippen LogP contribution in [-0.2, 0) is 0 Å². The van der Waals surface area contributed by atoms with Gasteiger partial charge in [-0.15, -0.1) is 11.8 Å². The molecule has 1 aromatic carbocycles. The second-order valence-corrected chi connectivity index (χ2v) is 4.96. The monoisotopic (exact) mass is 207 g/mol. The van der Waals surface area contributed by atoms with Crippen LogP contribution < -0.4 is 4.90 Å². The summed E-state index contributed by atoms with van der Waals surface area (Å²) in [5, 5.41) is 0. The maximum absolute atomic E-state index is 2.47. The molecule has 1 heterocycles. The van der Waals surface area contributed by atoms with E-state index in [0.717, 1.165) is 5.75 Å². The van der Waals surface area contributed by atoms with Gasteiger partial charge in [-0.2, -0.15) is 0 Å². The van der Waals surface area contributed by atoms with E-state index >= 15 is 0 Å². The Balaban J connectivity index is 2.05. The van der Waals surface area contributed by atoms with E-state index in [1.165, 1.54) is 36.5 Å². The topological polar surface area (TPSA) is 3.24 Å². The molecule has 2 heteroatoms. The third-order valence-electron chi connectivity index (χ3n) is 2.62. The fourth-order valence-electron chi connectivity index (χ4n) is 1.90. The Bertz CT molecular complexity index is 275. The number of nitrogens with zero attached hydrogens (tertiary/aromatic N) is 1. The summed E-state index contributed by atoms with van der Waals surface area (Å²) in [6, 6.07) is 8.98. The summed E-state index contributed by atoms with van der Waals surface area (Å²) in [4.78, 5) is 3.86. The molecule has 0 unspecified atom stereocenters. The van der Waals surface area contributed by atoms with Gasteiger partial charge in [-0.1, -0.05) is 6.92 Å². The van der Waals surface area contributed by atoms with E-state index in [4.69, 9.17) is 0 Å². The maximum atomic E-state index is 2.47. The first kappa shape index (κ1) is 9.91. The Morgan fingerprint density at radius 1 is 1.14 bits per heavy atom. The molecule has 1 aromatic rings. The van der Waals surface area contributed by atoms with Gasteiger partial charge < -0.3 is 4.90 Å². The molecule has 1 nitrogen and oxygen atoms in total. The van der Waals surface area contributed by atoms with Gasteiger partial charge in [0.1, 0.15) is 0 Å². The van der Waals surface area contributed by atoms with Crippen molar-refractivity contribution in [1.29, 1.82) is 0 Å². The maximum Gasteiger partial charge on any atom is 0.0366 e. The number of hydrogen-bond acceptors (Lipinski definition) is 2. The van der Waals surface area contributed by atoms with Gasteiger partial charge in [0.05, 0.1) is 0 Å². The molecule has 0 radical (unpaired) electrons. The van der Waals surface area contributed by atoms with Gasteiger partial charge in [0.25, 0.3) is 0 Å². The molecule has 1 aliphatic rings. The molecule has 0 spiro atoms. The Hall–Kier alpha value is -0.630. The average molecular weight is 207 g/mol. The van der Waals surface area contributed by atoms with Crippen LogP contribution in [0.5, 0.6) is 0 Å². The second kappa shape index (κ2) is 4.74. The molecule has 14 heavy (non-hydrogen) atoms. The van der Waals surface area contributed by atoms with Crippen LogP contribution in [0.2, 0.25) is 0 Å². The van der Waals surface area contributed by atoms with Crippen molar-refractivity contribution in [3.05, 3.63) is 24.3 Å². The largest absolute Gasteiger partial charge is 0.372 e. The van der Waals surface area contributed by atoms with E-state index in [1.807, 2.05) is 11.8 Å². The molecule has 0 saturated carbocycles. The highest BCUT2D eigenvalue weighted by atomic mass is 32.2. The molecule has 76 valence electrons. The van der Waals surface area contributed by atoms with Crippen LogP contribution in [0.4, 0.5) is 5.69 Å². The molecule has 0 bridgehead atoms. The van der Waals surface area contributed by atoms with Gasteiger partial charge in [0, 0.05) is 23.7 Å². The van der Waals surface area contributed by atoms with Crippen molar-refractivity contribution in [3.63, 3.8) is 0 Å². The summed E-state index contributed by atoms with van der Waals surface area (Å²) >= 11 is 1.91. The Morgan fingerprint density at radius 2 is 1.79 bits per heavy atom. The number of hydrogen-bond donors (Lipinski definition) is 0. The van der Waals surface area contributed by atoms with Crippen LogP contribution in [-0.4, -0.2) is 18.8 Å². The van der Waals surface area contributed by atoms with Gasteiger partial charge in [0.15, 0.2) is 0 Å². The highest BCUT2D eigenvalue weighted by molar-refractivity contribution is 7.99. The average Bonchev–Trinajstić information content (AvgIpc) is 2.72. The standard InChI is InChI=1S/C12H17NS/c1-2-14-12-7-5-11(6-8-12)13-9-3-4-10-13/h5-8H,2-4,9-10H2,1H3. The minimum absolute atomic E-state index is 1.16. The van der Waals surface area contributed by atoms with E-state index in [2.05, 4.69) is 36.1 Å². The molecule has 2 rings (SSSR count). The van der Waals surface area contributed by atoms with Gasteiger partial charge in [-0.3, -0.25) is 0 Å². The van der Waals surface area contributed by atoms with Crippen molar-refractivity contribution in [3.8, 4) is 0 Å². The number of rotatable bonds is 3. The van der Waals surface area contributed by atoms with Crippen molar-refractivity contribution >= 4 is 17.4 Å². The quantitative estimate of drug-likeness (QED) is 0.699. The van der Waals surface area contributed by atoms with Crippen molar-refractivity contribution < 1.29 is 0 Å². The first-order chi connectivity index (χ1) is 6.90. The fourth-order valence-corrected chi connectivity index (χ4v) is 2.56. The molecular formula is C12H17NS. The molecule has 1 saturated heterocycles. The Labute approximate surface area is 90.5 Å².